The number of hydrogen-bond acceptors (Lipinski definition) is 1. The molecular formula is C10H18O. The Kier molecular flexibility index (Phi) is 7.11. The van der Waals surface area contributed by atoms with Crippen molar-refractivity contribution in [2.24, 2.45) is 5.92 Å². The van der Waals surface area contributed by atoms with Gasteiger partial charge in [-0.15, -0.1) is 0 Å². The van der Waals surface area contributed by atoms with Gasteiger partial charge in [-0.3, -0.25) is 4.79 Å². The first kappa shape index (κ1) is 10.4. The molecule has 1 heteroatoms. The van der Waals surface area contributed by atoms with Gasteiger partial charge in [0, 0.05) is 0 Å². The maximum absolute atomic E-state index is 10.0. The van der Waals surface area contributed by atoms with Crippen molar-refractivity contribution in [1.29, 1.82) is 0 Å². The molecule has 0 radical (unpaired) electrons. The molecule has 0 aliphatic heterocycles. The summed E-state index contributed by atoms with van der Waals surface area (Å²) in [5.41, 5.74) is 0. The lowest BCUT2D eigenvalue weighted by Gasteiger charge is -2.08. The van der Waals surface area contributed by atoms with Crippen LogP contribution < -0.4 is 0 Å². The lowest BCUT2D eigenvalue weighted by molar-refractivity contribution is -0.104. The summed E-state index contributed by atoms with van der Waals surface area (Å²) in [5.74, 6) is 0.621. The second kappa shape index (κ2) is 7.52. The highest BCUT2D eigenvalue weighted by Crippen LogP contribution is 2.14. The summed E-state index contributed by atoms with van der Waals surface area (Å²) in [6.45, 7) is 4.36. The van der Waals surface area contributed by atoms with Crippen LogP contribution in [0, 0.1) is 5.92 Å². The van der Waals surface area contributed by atoms with Crippen molar-refractivity contribution < 1.29 is 4.79 Å². The van der Waals surface area contributed by atoms with Crippen LogP contribution in [-0.2, 0) is 4.79 Å². The Morgan fingerprint density at radius 2 is 1.73 bits per heavy atom. The molecule has 0 N–H and O–H groups in total. The van der Waals surface area contributed by atoms with E-state index in [1.807, 2.05) is 6.08 Å². The van der Waals surface area contributed by atoms with Crippen molar-refractivity contribution in [2.45, 2.75) is 39.5 Å². The van der Waals surface area contributed by atoms with E-state index in [0.717, 1.165) is 6.29 Å². The molecule has 0 aliphatic carbocycles. The van der Waals surface area contributed by atoms with E-state index in [9.17, 15) is 4.79 Å². The minimum Gasteiger partial charge on any atom is -0.299 e. The van der Waals surface area contributed by atoms with E-state index in [0.29, 0.717) is 5.92 Å². The third kappa shape index (κ3) is 5.84. The van der Waals surface area contributed by atoms with E-state index in [-0.39, 0.29) is 0 Å². The van der Waals surface area contributed by atoms with Gasteiger partial charge in [-0.1, -0.05) is 32.8 Å². The predicted octanol–water partition coefficient (Wildman–Crippen LogP) is 2.96. The first-order valence-electron chi connectivity index (χ1n) is 4.47. The van der Waals surface area contributed by atoms with E-state index >= 15 is 0 Å². The molecule has 0 fully saturated rings. The molecule has 0 rings (SSSR count). The van der Waals surface area contributed by atoms with Crippen LogP contribution in [0.25, 0.3) is 0 Å². The van der Waals surface area contributed by atoms with Gasteiger partial charge in [0.05, 0.1) is 0 Å². The van der Waals surface area contributed by atoms with Crippen LogP contribution in [0.4, 0.5) is 0 Å². The molecule has 0 saturated carbocycles. The molecule has 0 heterocycles. The predicted molar refractivity (Wildman–Crippen MR) is 48.5 cm³/mol. The van der Waals surface area contributed by atoms with E-state index in [1.54, 1.807) is 6.08 Å². The first-order chi connectivity index (χ1) is 5.35. The summed E-state index contributed by atoms with van der Waals surface area (Å²) in [6.07, 6.45) is 9.33. The largest absolute Gasteiger partial charge is 0.299 e. The number of hydrogen-bond donors (Lipinski definition) is 0. The van der Waals surface area contributed by atoms with Gasteiger partial charge >= 0.3 is 0 Å². The van der Waals surface area contributed by atoms with Crippen LogP contribution in [0.15, 0.2) is 12.2 Å². The zero-order valence-corrected chi connectivity index (χ0v) is 7.55. The zero-order chi connectivity index (χ0) is 8.53. The van der Waals surface area contributed by atoms with Crippen LogP contribution in [0.1, 0.15) is 39.5 Å². The van der Waals surface area contributed by atoms with Gasteiger partial charge in [-0.05, 0) is 24.8 Å². The van der Waals surface area contributed by atoms with Crippen LogP contribution in [0.5, 0.6) is 0 Å². The van der Waals surface area contributed by atoms with Gasteiger partial charge in [0.15, 0.2) is 0 Å². The maximum atomic E-state index is 10.0. The van der Waals surface area contributed by atoms with Gasteiger partial charge in [0.25, 0.3) is 0 Å². The van der Waals surface area contributed by atoms with Gasteiger partial charge < -0.3 is 0 Å². The Balaban J connectivity index is 3.67. The fourth-order valence-corrected chi connectivity index (χ4v) is 1.28. The summed E-state index contributed by atoms with van der Waals surface area (Å²) in [7, 11) is 0. The van der Waals surface area contributed by atoms with E-state index in [1.165, 1.54) is 25.7 Å². The average Bonchev–Trinajstić information content (AvgIpc) is 2.01. The summed E-state index contributed by atoms with van der Waals surface area (Å²) in [6, 6.07) is 0. The Morgan fingerprint density at radius 3 is 2.09 bits per heavy atom. The van der Waals surface area contributed by atoms with Crippen LogP contribution in [0.3, 0.4) is 0 Å². The molecular weight excluding hydrogens is 136 g/mol. The molecule has 0 spiro atoms. The van der Waals surface area contributed by atoms with Gasteiger partial charge in [-0.2, -0.15) is 0 Å². The average molecular weight is 154 g/mol. The quantitative estimate of drug-likeness (QED) is 0.424. The number of aldehydes is 1. The van der Waals surface area contributed by atoms with Gasteiger partial charge in [0.2, 0.25) is 0 Å². The molecule has 11 heavy (non-hydrogen) atoms. The number of carbonyl (C=O) groups is 1. The van der Waals surface area contributed by atoms with E-state index < -0.39 is 0 Å². The summed E-state index contributed by atoms with van der Waals surface area (Å²) >= 11 is 0. The van der Waals surface area contributed by atoms with Crippen molar-refractivity contribution in [1.82, 2.24) is 0 Å². The molecule has 0 unspecified atom stereocenters. The topological polar surface area (TPSA) is 17.1 Å². The normalized spacial score (nSPS) is 11.2. The molecule has 0 aromatic rings. The Morgan fingerprint density at radius 1 is 1.18 bits per heavy atom. The summed E-state index contributed by atoms with van der Waals surface area (Å²) in [4.78, 5) is 10.0. The number of carbonyl (C=O) groups excluding carboxylic acids is 1. The molecule has 0 bridgehead atoms. The summed E-state index contributed by atoms with van der Waals surface area (Å²) < 4.78 is 0. The van der Waals surface area contributed by atoms with Crippen LogP contribution in [-0.4, -0.2) is 6.29 Å². The smallest absolute Gasteiger partial charge is 0.142 e. The Bertz CT molecular complexity index is 110. The fraction of sp³-hybridized carbons (Fsp3) is 0.700. The van der Waals surface area contributed by atoms with Crippen molar-refractivity contribution in [3.63, 3.8) is 0 Å². The van der Waals surface area contributed by atoms with E-state index in [2.05, 4.69) is 13.8 Å². The lowest BCUT2D eigenvalue weighted by atomic mass is 9.98. The van der Waals surface area contributed by atoms with Crippen LogP contribution in [0.2, 0.25) is 0 Å². The fourth-order valence-electron chi connectivity index (χ4n) is 1.28. The highest BCUT2D eigenvalue weighted by molar-refractivity contribution is 5.64. The molecule has 0 atom stereocenters. The second-order valence-electron chi connectivity index (χ2n) is 2.86. The lowest BCUT2D eigenvalue weighted by Crippen LogP contribution is -1.94. The van der Waals surface area contributed by atoms with Gasteiger partial charge in [-0.25, -0.2) is 0 Å². The number of rotatable bonds is 6. The third-order valence-corrected chi connectivity index (χ3v) is 1.78. The SMILES string of the molecule is CCCC(/C=C/C=O)CCC. The molecule has 0 aliphatic rings. The van der Waals surface area contributed by atoms with E-state index in [4.69, 9.17) is 0 Å². The maximum Gasteiger partial charge on any atom is 0.142 e. The first-order valence-corrected chi connectivity index (χ1v) is 4.47. The molecule has 0 aromatic heterocycles. The Labute approximate surface area is 69.5 Å². The van der Waals surface area contributed by atoms with Crippen LogP contribution >= 0.6 is 0 Å². The minimum atomic E-state index is 0.621. The highest BCUT2D eigenvalue weighted by atomic mass is 16.1. The molecule has 64 valence electrons. The van der Waals surface area contributed by atoms with Gasteiger partial charge in [0.1, 0.15) is 6.29 Å². The molecule has 0 saturated heterocycles. The monoisotopic (exact) mass is 154 g/mol. The zero-order valence-electron chi connectivity index (χ0n) is 7.55. The molecule has 0 aromatic carbocycles. The van der Waals surface area contributed by atoms with Crippen molar-refractivity contribution in [2.75, 3.05) is 0 Å². The highest BCUT2D eigenvalue weighted by Gasteiger charge is 2.00. The Hall–Kier alpha value is -0.590. The standard InChI is InChI=1S/C10H18O/c1-3-6-10(7-4-2)8-5-9-11/h5,8-10H,3-4,6-7H2,1-2H3/b8-5+. The molecule has 0 amide bonds. The minimum absolute atomic E-state index is 0.621. The van der Waals surface area contributed by atoms with Crippen molar-refractivity contribution in [3.05, 3.63) is 12.2 Å². The van der Waals surface area contributed by atoms with Crippen molar-refractivity contribution in [3.8, 4) is 0 Å². The van der Waals surface area contributed by atoms with Crippen molar-refractivity contribution >= 4 is 6.29 Å². The second-order valence-corrected chi connectivity index (χ2v) is 2.86. The summed E-state index contributed by atoms with van der Waals surface area (Å²) in [5, 5.41) is 0. The molecule has 1 nitrogen and oxygen atoms in total. The third-order valence-electron chi connectivity index (χ3n) is 1.78. The number of allylic oxidation sites excluding steroid dienone is 2.